The molecule has 0 aromatic heterocycles. The van der Waals surface area contributed by atoms with Gasteiger partial charge in [0.15, 0.2) is 0 Å². The molecule has 1 aliphatic carbocycles. The van der Waals surface area contributed by atoms with Crippen molar-refractivity contribution >= 4 is 23.4 Å². The molecule has 1 atom stereocenters. The molecule has 142 valence electrons. The third-order valence-electron chi connectivity index (χ3n) is 5.53. The standard InChI is InChI=1S/C21H29ClN2O2/c1-2-3-19(23-20(25)14-15-4-5-15)21(26)24-12-10-17(11-13-24)16-6-8-18(22)9-7-16/h6-9,15,17,19H,2-5,10-14H2,1H3,(H,23,25)/t19-/m1/s1. The zero-order chi connectivity index (χ0) is 18.5. The van der Waals surface area contributed by atoms with Crippen molar-refractivity contribution in [3.63, 3.8) is 0 Å². The van der Waals surface area contributed by atoms with Crippen LogP contribution in [0.3, 0.4) is 0 Å². The Bertz CT molecular complexity index is 619. The van der Waals surface area contributed by atoms with Gasteiger partial charge in [-0.3, -0.25) is 9.59 Å². The maximum Gasteiger partial charge on any atom is 0.245 e. The van der Waals surface area contributed by atoms with Gasteiger partial charge in [-0.1, -0.05) is 37.1 Å². The van der Waals surface area contributed by atoms with E-state index in [1.807, 2.05) is 17.0 Å². The van der Waals surface area contributed by atoms with Crippen LogP contribution in [0.15, 0.2) is 24.3 Å². The number of amides is 2. The van der Waals surface area contributed by atoms with E-state index in [4.69, 9.17) is 11.6 Å². The Kier molecular flexibility index (Phi) is 6.58. The number of rotatable bonds is 7. The molecule has 1 saturated carbocycles. The molecule has 26 heavy (non-hydrogen) atoms. The Morgan fingerprint density at radius 3 is 2.38 bits per heavy atom. The first-order valence-corrected chi connectivity index (χ1v) is 10.3. The summed E-state index contributed by atoms with van der Waals surface area (Å²) in [6, 6.07) is 7.67. The molecule has 2 fully saturated rings. The Balaban J connectivity index is 1.52. The summed E-state index contributed by atoms with van der Waals surface area (Å²) in [6.07, 6.45) is 6.40. The predicted molar refractivity (Wildman–Crippen MR) is 104 cm³/mol. The van der Waals surface area contributed by atoms with Crippen molar-refractivity contribution in [2.75, 3.05) is 13.1 Å². The van der Waals surface area contributed by atoms with E-state index in [9.17, 15) is 9.59 Å². The van der Waals surface area contributed by atoms with Crippen molar-refractivity contribution in [3.05, 3.63) is 34.9 Å². The second-order valence-corrected chi connectivity index (χ2v) is 8.14. The minimum atomic E-state index is -0.363. The van der Waals surface area contributed by atoms with Crippen molar-refractivity contribution in [2.24, 2.45) is 5.92 Å². The molecule has 5 heteroatoms. The Hall–Kier alpha value is -1.55. The second kappa shape index (κ2) is 8.90. The lowest BCUT2D eigenvalue weighted by Gasteiger charge is -2.34. The molecule has 1 aliphatic heterocycles. The number of benzene rings is 1. The first kappa shape index (κ1) is 19.2. The van der Waals surface area contributed by atoms with Crippen LogP contribution < -0.4 is 5.32 Å². The highest BCUT2D eigenvalue weighted by atomic mass is 35.5. The fourth-order valence-electron chi connectivity index (χ4n) is 3.77. The summed E-state index contributed by atoms with van der Waals surface area (Å²) in [6.45, 7) is 3.57. The van der Waals surface area contributed by atoms with Crippen LogP contribution in [-0.4, -0.2) is 35.8 Å². The molecule has 0 spiro atoms. The largest absolute Gasteiger partial charge is 0.344 e. The number of nitrogens with zero attached hydrogens (tertiary/aromatic N) is 1. The minimum Gasteiger partial charge on any atom is -0.344 e. The van der Waals surface area contributed by atoms with Gasteiger partial charge in [0.1, 0.15) is 6.04 Å². The summed E-state index contributed by atoms with van der Waals surface area (Å²) in [4.78, 5) is 27.0. The highest BCUT2D eigenvalue weighted by Crippen LogP contribution is 2.32. The molecule has 2 amide bonds. The summed E-state index contributed by atoms with van der Waals surface area (Å²) in [5.41, 5.74) is 1.30. The zero-order valence-corrected chi connectivity index (χ0v) is 16.3. The molecule has 0 unspecified atom stereocenters. The molecule has 2 aliphatic rings. The zero-order valence-electron chi connectivity index (χ0n) is 15.5. The van der Waals surface area contributed by atoms with Crippen LogP contribution in [0.5, 0.6) is 0 Å². The number of nitrogens with one attached hydrogen (secondary N) is 1. The molecule has 1 heterocycles. The fraction of sp³-hybridized carbons (Fsp3) is 0.619. The van der Waals surface area contributed by atoms with E-state index in [0.29, 0.717) is 24.7 Å². The lowest BCUT2D eigenvalue weighted by atomic mass is 9.89. The highest BCUT2D eigenvalue weighted by molar-refractivity contribution is 6.30. The van der Waals surface area contributed by atoms with Crippen LogP contribution in [0.4, 0.5) is 0 Å². The van der Waals surface area contributed by atoms with Gasteiger partial charge >= 0.3 is 0 Å². The Morgan fingerprint density at radius 1 is 1.15 bits per heavy atom. The smallest absolute Gasteiger partial charge is 0.245 e. The van der Waals surface area contributed by atoms with Gasteiger partial charge in [-0.2, -0.15) is 0 Å². The number of piperidine rings is 1. The molecule has 0 bridgehead atoms. The molecule has 1 N–H and O–H groups in total. The minimum absolute atomic E-state index is 0.0374. The van der Waals surface area contributed by atoms with Crippen molar-refractivity contribution in [3.8, 4) is 0 Å². The Morgan fingerprint density at radius 2 is 1.81 bits per heavy atom. The SMILES string of the molecule is CCC[C@@H](NC(=O)CC1CC1)C(=O)N1CCC(c2ccc(Cl)cc2)CC1. The topological polar surface area (TPSA) is 49.4 Å². The summed E-state index contributed by atoms with van der Waals surface area (Å²) < 4.78 is 0. The lowest BCUT2D eigenvalue weighted by molar-refractivity contribution is -0.137. The summed E-state index contributed by atoms with van der Waals surface area (Å²) in [5, 5.41) is 3.75. The molecule has 3 rings (SSSR count). The van der Waals surface area contributed by atoms with Crippen LogP contribution in [0.25, 0.3) is 0 Å². The van der Waals surface area contributed by atoms with Crippen LogP contribution in [0, 0.1) is 5.92 Å². The van der Waals surface area contributed by atoms with Crippen LogP contribution in [-0.2, 0) is 9.59 Å². The first-order valence-electron chi connectivity index (χ1n) is 9.90. The number of hydrogen-bond donors (Lipinski definition) is 1. The van der Waals surface area contributed by atoms with Crippen LogP contribution in [0.1, 0.15) is 63.4 Å². The lowest BCUT2D eigenvalue weighted by Crippen LogP contribution is -2.50. The Labute approximate surface area is 161 Å². The second-order valence-electron chi connectivity index (χ2n) is 7.71. The molecule has 1 aromatic rings. The van der Waals surface area contributed by atoms with Crippen molar-refractivity contribution in [2.45, 2.75) is 63.8 Å². The number of carbonyl (C=O) groups excluding carboxylic acids is 2. The van der Waals surface area contributed by atoms with E-state index < -0.39 is 0 Å². The number of likely N-dealkylation sites (tertiary alicyclic amines) is 1. The van der Waals surface area contributed by atoms with E-state index in [2.05, 4.69) is 24.4 Å². The number of carbonyl (C=O) groups is 2. The third kappa shape index (κ3) is 5.23. The number of halogens is 1. The van der Waals surface area contributed by atoms with Gasteiger partial charge in [0.25, 0.3) is 0 Å². The van der Waals surface area contributed by atoms with E-state index >= 15 is 0 Å². The predicted octanol–water partition coefficient (Wildman–Crippen LogP) is 4.13. The third-order valence-corrected chi connectivity index (χ3v) is 5.78. The normalized spacial score (nSPS) is 19.2. The average molecular weight is 377 g/mol. The highest BCUT2D eigenvalue weighted by Gasteiger charge is 2.31. The van der Waals surface area contributed by atoms with E-state index in [1.165, 1.54) is 5.56 Å². The van der Waals surface area contributed by atoms with Crippen molar-refractivity contribution in [1.82, 2.24) is 10.2 Å². The van der Waals surface area contributed by atoms with Gasteiger partial charge in [-0.05, 0) is 61.6 Å². The molecular weight excluding hydrogens is 348 g/mol. The van der Waals surface area contributed by atoms with E-state index in [-0.39, 0.29) is 17.9 Å². The first-order chi connectivity index (χ1) is 12.6. The van der Waals surface area contributed by atoms with Gasteiger partial charge in [-0.15, -0.1) is 0 Å². The number of hydrogen-bond acceptors (Lipinski definition) is 2. The fourth-order valence-corrected chi connectivity index (χ4v) is 3.90. The van der Waals surface area contributed by atoms with E-state index in [0.717, 1.165) is 50.2 Å². The van der Waals surface area contributed by atoms with Gasteiger partial charge < -0.3 is 10.2 Å². The average Bonchev–Trinajstić information content (AvgIpc) is 3.45. The summed E-state index contributed by atoms with van der Waals surface area (Å²) in [7, 11) is 0. The van der Waals surface area contributed by atoms with E-state index in [1.54, 1.807) is 0 Å². The maximum absolute atomic E-state index is 12.9. The molecule has 4 nitrogen and oxygen atoms in total. The van der Waals surface area contributed by atoms with Crippen LogP contribution >= 0.6 is 11.6 Å². The van der Waals surface area contributed by atoms with Crippen molar-refractivity contribution in [1.29, 1.82) is 0 Å². The van der Waals surface area contributed by atoms with Gasteiger partial charge in [0, 0.05) is 24.5 Å². The molecule has 0 radical (unpaired) electrons. The van der Waals surface area contributed by atoms with Crippen LogP contribution in [0.2, 0.25) is 5.02 Å². The monoisotopic (exact) mass is 376 g/mol. The summed E-state index contributed by atoms with van der Waals surface area (Å²) >= 11 is 5.97. The summed E-state index contributed by atoms with van der Waals surface area (Å²) in [5.74, 6) is 1.15. The maximum atomic E-state index is 12.9. The molecule has 1 aromatic carbocycles. The molecule has 1 saturated heterocycles. The molecular formula is C21H29ClN2O2. The van der Waals surface area contributed by atoms with Gasteiger partial charge in [0.2, 0.25) is 11.8 Å². The van der Waals surface area contributed by atoms with Gasteiger partial charge in [0.05, 0.1) is 0 Å². The van der Waals surface area contributed by atoms with Crippen molar-refractivity contribution < 1.29 is 9.59 Å². The van der Waals surface area contributed by atoms with Gasteiger partial charge in [-0.25, -0.2) is 0 Å². The quantitative estimate of drug-likeness (QED) is 0.777.